The van der Waals surface area contributed by atoms with Gasteiger partial charge in [0.15, 0.2) is 12.2 Å². The number of amides is 1. The van der Waals surface area contributed by atoms with E-state index in [-0.39, 0.29) is 23.7 Å². The number of aromatic hydroxyl groups is 1. The minimum Gasteiger partial charge on any atom is -0.507 e. The molecule has 2 aliphatic heterocycles. The van der Waals surface area contributed by atoms with Crippen molar-refractivity contribution in [1.29, 1.82) is 0 Å². The van der Waals surface area contributed by atoms with Crippen LogP contribution in [0.3, 0.4) is 0 Å². The van der Waals surface area contributed by atoms with E-state index < -0.39 is 48.2 Å². The molecule has 0 saturated carbocycles. The molecule has 9 nitrogen and oxygen atoms in total. The summed E-state index contributed by atoms with van der Waals surface area (Å²) < 4.78 is 10.5. The molecule has 3 rings (SSSR count). The van der Waals surface area contributed by atoms with E-state index in [9.17, 15) is 24.6 Å². The number of esters is 2. The van der Waals surface area contributed by atoms with Crippen molar-refractivity contribution >= 4 is 17.8 Å². The van der Waals surface area contributed by atoms with E-state index in [2.05, 4.69) is 11.1 Å². The van der Waals surface area contributed by atoms with Gasteiger partial charge in [0.1, 0.15) is 29.9 Å². The molecule has 0 bridgehead atoms. The van der Waals surface area contributed by atoms with E-state index in [1.165, 1.54) is 6.07 Å². The summed E-state index contributed by atoms with van der Waals surface area (Å²) >= 11 is 0. The molecule has 1 amide bonds. The molecule has 2 aliphatic rings. The lowest BCUT2D eigenvalue weighted by Crippen LogP contribution is -2.68. The van der Waals surface area contributed by atoms with Gasteiger partial charge in [0.05, 0.1) is 6.04 Å². The number of phenolic OH excluding ortho intramolecular Hbond substituents is 1. The number of rotatable bonds is 6. The minimum atomic E-state index is -1.56. The molecule has 6 N–H and O–H groups in total. The Morgan fingerprint density at radius 2 is 2.00 bits per heavy atom. The summed E-state index contributed by atoms with van der Waals surface area (Å²) in [6, 6.07) is 3.72. The smallest absolute Gasteiger partial charge is 0.342 e. The van der Waals surface area contributed by atoms with E-state index in [1.54, 1.807) is 12.1 Å². The van der Waals surface area contributed by atoms with Gasteiger partial charge in [-0.2, -0.15) is 0 Å². The number of carbonyl (C=O) groups excluding carboxylic acids is 3. The highest BCUT2D eigenvalue weighted by Gasteiger charge is 2.44. The van der Waals surface area contributed by atoms with Gasteiger partial charge in [0.2, 0.25) is 0 Å². The van der Waals surface area contributed by atoms with Crippen LogP contribution in [0, 0.1) is 5.92 Å². The number of carbonyl (C=O) groups is 3. The molecule has 0 aliphatic carbocycles. The van der Waals surface area contributed by atoms with Gasteiger partial charge in [-0.3, -0.25) is 9.59 Å². The van der Waals surface area contributed by atoms with Crippen LogP contribution >= 0.6 is 0 Å². The van der Waals surface area contributed by atoms with Crippen LogP contribution in [0.5, 0.6) is 5.75 Å². The van der Waals surface area contributed by atoms with Crippen molar-refractivity contribution in [1.82, 2.24) is 5.32 Å². The lowest BCUT2D eigenvalue weighted by molar-refractivity contribution is -0.429. The fourth-order valence-electron chi connectivity index (χ4n) is 3.85. The van der Waals surface area contributed by atoms with E-state index in [0.717, 1.165) is 0 Å². The minimum absolute atomic E-state index is 0.0466. The Labute approximate surface area is 168 Å². The molecule has 0 spiro atoms. The van der Waals surface area contributed by atoms with Gasteiger partial charge in [-0.15, -0.1) is 0 Å². The van der Waals surface area contributed by atoms with Crippen LogP contribution < -0.4 is 11.1 Å². The zero-order valence-electron chi connectivity index (χ0n) is 16.5. The molecule has 29 heavy (non-hydrogen) atoms. The number of fused-ring (bicyclic) bond motifs is 1. The summed E-state index contributed by atoms with van der Waals surface area (Å²) in [5.74, 6) is -1.83. The van der Waals surface area contributed by atoms with Crippen LogP contribution in [0.15, 0.2) is 18.2 Å². The van der Waals surface area contributed by atoms with Crippen molar-refractivity contribution in [2.75, 3.05) is 0 Å². The predicted octanol–water partition coefficient (Wildman–Crippen LogP) is -0.708. The number of phenols is 1. The molecule has 9 heteroatoms. The molecule has 1 fully saturated rings. The fourth-order valence-corrected chi connectivity index (χ4v) is 3.85. The van der Waals surface area contributed by atoms with Crippen LogP contribution in [-0.4, -0.2) is 58.5 Å². The first-order valence-corrected chi connectivity index (χ1v) is 9.70. The van der Waals surface area contributed by atoms with E-state index in [1.807, 2.05) is 13.8 Å². The largest absolute Gasteiger partial charge is 0.507 e. The zero-order valence-corrected chi connectivity index (χ0v) is 16.5. The third-order valence-electron chi connectivity index (χ3n) is 5.25. The molecule has 1 saturated heterocycles. The van der Waals surface area contributed by atoms with E-state index in [0.29, 0.717) is 18.4 Å². The van der Waals surface area contributed by atoms with Crippen molar-refractivity contribution in [3.63, 3.8) is 0 Å². The van der Waals surface area contributed by atoms with E-state index >= 15 is 0 Å². The predicted molar refractivity (Wildman–Crippen MR) is 99.6 cm³/mol. The number of quaternary nitrogens is 1. The zero-order chi connectivity index (χ0) is 21.3. The molecule has 0 aromatic heterocycles. The van der Waals surface area contributed by atoms with Crippen LogP contribution in [0.2, 0.25) is 0 Å². The Kier molecular flexibility index (Phi) is 6.09. The number of nitrogens with one attached hydrogen (secondary N) is 1. The average Bonchev–Trinajstić information content (AvgIpc) is 2.97. The number of hydrogen-bond donors (Lipinski definition) is 4. The summed E-state index contributed by atoms with van der Waals surface area (Å²) in [5.41, 5.74) is 4.53. The van der Waals surface area contributed by atoms with Crippen LogP contribution in [0.1, 0.15) is 42.6 Å². The summed E-state index contributed by atoms with van der Waals surface area (Å²) in [4.78, 5) is 36.4. The SMILES string of the molecule is CC(C)C[C@H](NC(=O)[C@@H](O)[C@H]1OC(=O)C[C@@H]1[NH3+])[C@@H]1Cc2cccc(O)c2C(=O)O1. The molecule has 0 radical (unpaired) electrons. The maximum Gasteiger partial charge on any atom is 0.342 e. The number of aliphatic hydroxyl groups is 1. The van der Waals surface area contributed by atoms with Crippen molar-refractivity contribution in [2.24, 2.45) is 5.92 Å². The van der Waals surface area contributed by atoms with Crippen LogP contribution in [-0.2, 0) is 25.5 Å². The first kappa shape index (κ1) is 21.1. The molecule has 1 aromatic carbocycles. The van der Waals surface area contributed by atoms with Gasteiger partial charge in [0.25, 0.3) is 5.91 Å². The number of cyclic esters (lactones) is 2. The number of ether oxygens (including phenoxy) is 2. The van der Waals surface area contributed by atoms with Crippen molar-refractivity contribution < 1.29 is 39.8 Å². The average molecular weight is 407 g/mol. The van der Waals surface area contributed by atoms with Crippen molar-refractivity contribution in [2.45, 2.75) is 63.5 Å². The molecule has 1 aromatic rings. The highest BCUT2D eigenvalue weighted by Crippen LogP contribution is 2.30. The van der Waals surface area contributed by atoms with E-state index in [4.69, 9.17) is 9.47 Å². The Morgan fingerprint density at radius 1 is 1.28 bits per heavy atom. The Balaban J connectivity index is 1.75. The first-order valence-electron chi connectivity index (χ1n) is 9.70. The molecule has 5 atom stereocenters. The highest BCUT2D eigenvalue weighted by atomic mass is 16.6. The third-order valence-corrected chi connectivity index (χ3v) is 5.25. The summed E-state index contributed by atoms with van der Waals surface area (Å²) in [6.45, 7) is 3.93. The molecule has 2 heterocycles. The van der Waals surface area contributed by atoms with Crippen molar-refractivity contribution in [3.8, 4) is 5.75 Å². The van der Waals surface area contributed by atoms with Gasteiger partial charge in [0, 0.05) is 6.42 Å². The topological polar surface area (TPSA) is 150 Å². The monoisotopic (exact) mass is 407 g/mol. The summed E-state index contributed by atoms with van der Waals surface area (Å²) in [5, 5.41) is 23.0. The Hall–Kier alpha value is -2.65. The van der Waals surface area contributed by atoms with Crippen LogP contribution in [0.4, 0.5) is 0 Å². The lowest BCUT2D eigenvalue weighted by Gasteiger charge is -2.33. The highest BCUT2D eigenvalue weighted by molar-refractivity contribution is 5.95. The second-order valence-electron chi connectivity index (χ2n) is 8.07. The second kappa shape index (κ2) is 8.38. The second-order valence-corrected chi connectivity index (χ2v) is 8.07. The number of benzene rings is 1. The molecular weight excluding hydrogens is 380 g/mol. The first-order chi connectivity index (χ1) is 13.7. The molecule has 158 valence electrons. The molecule has 0 unspecified atom stereocenters. The summed E-state index contributed by atoms with van der Waals surface area (Å²) in [7, 11) is 0. The maximum atomic E-state index is 12.6. The fraction of sp³-hybridized carbons (Fsp3) is 0.550. The number of aliphatic hydroxyl groups excluding tert-OH is 1. The molecular formula is C20H27N2O7+. The van der Waals surface area contributed by atoms with Crippen LogP contribution in [0.25, 0.3) is 0 Å². The summed E-state index contributed by atoms with van der Waals surface area (Å²) in [6.07, 6.45) is -2.35. The Bertz CT molecular complexity index is 810. The van der Waals surface area contributed by atoms with Gasteiger partial charge in [-0.05, 0) is 24.0 Å². The van der Waals surface area contributed by atoms with Gasteiger partial charge < -0.3 is 30.7 Å². The van der Waals surface area contributed by atoms with Gasteiger partial charge >= 0.3 is 11.9 Å². The van der Waals surface area contributed by atoms with Crippen molar-refractivity contribution in [3.05, 3.63) is 29.3 Å². The third kappa shape index (κ3) is 4.51. The normalized spacial score (nSPS) is 25.8. The van der Waals surface area contributed by atoms with Gasteiger partial charge in [-0.25, -0.2) is 4.79 Å². The quantitative estimate of drug-likeness (QED) is 0.455. The number of hydrogen-bond acceptors (Lipinski definition) is 7. The maximum absolute atomic E-state index is 12.6. The Morgan fingerprint density at radius 3 is 2.62 bits per heavy atom. The standard InChI is InChI=1S/C20H26N2O7/c1-9(2)6-12(22-19(26)17(25)18-11(21)8-15(24)29-18)14-7-10-4-3-5-13(23)16(10)20(27)28-14/h3-5,9,11-12,14,17-18,23,25H,6-8,21H2,1-2H3,(H,22,26)/p+1/t11-,12-,14-,17-,18-/m0/s1. The van der Waals surface area contributed by atoms with Gasteiger partial charge in [-0.1, -0.05) is 26.0 Å². The lowest BCUT2D eigenvalue weighted by atomic mass is 9.90.